The molecule has 0 radical (unpaired) electrons. The molecule has 19 heavy (non-hydrogen) atoms. The van der Waals surface area contributed by atoms with Crippen LogP contribution < -0.4 is 0 Å². The molecule has 4 rings (SSSR count). The number of allylic oxidation sites excluding steroid dienone is 1. The van der Waals surface area contributed by atoms with E-state index in [4.69, 9.17) is 9.47 Å². The third-order valence-electron chi connectivity index (χ3n) is 6.15. The highest BCUT2D eigenvalue weighted by Crippen LogP contribution is 2.63. The fourth-order valence-electron chi connectivity index (χ4n) is 4.53. The Bertz CT molecular complexity index is 354. The molecule has 3 aliphatic carbocycles. The third-order valence-corrected chi connectivity index (χ3v) is 6.15. The molecule has 0 aromatic rings. The van der Waals surface area contributed by atoms with Crippen molar-refractivity contribution >= 4 is 0 Å². The van der Waals surface area contributed by atoms with E-state index < -0.39 is 0 Å². The maximum atomic E-state index is 5.57. The molecule has 0 N–H and O–H groups in total. The van der Waals surface area contributed by atoms with E-state index in [-0.39, 0.29) is 6.29 Å². The van der Waals surface area contributed by atoms with Crippen LogP contribution in [-0.4, -0.2) is 19.5 Å². The minimum Gasteiger partial charge on any atom is -0.350 e. The molecule has 1 aliphatic heterocycles. The topological polar surface area (TPSA) is 18.5 Å². The smallest absolute Gasteiger partial charge is 0.163 e. The summed E-state index contributed by atoms with van der Waals surface area (Å²) >= 11 is 0. The summed E-state index contributed by atoms with van der Waals surface area (Å²) in [5, 5.41) is 0. The summed E-state index contributed by atoms with van der Waals surface area (Å²) in [6.07, 6.45) is 7.61. The summed E-state index contributed by atoms with van der Waals surface area (Å²) in [6, 6.07) is 0. The fraction of sp³-hybridized carbons (Fsp3) is 0.882. The van der Waals surface area contributed by atoms with E-state index in [2.05, 4.69) is 39.8 Å². The molecule has 108 valence electrons. The molecule has 1 saturated heterocycles. The number of rotatable bonds is 3. The van der Waals surface area contributed by atoms with Gasteiger partial charge >= 0.3 is 0 Å². The lowest BCUT2D eigenvalue weighted by molar-refractivity contribution is -0.118. The first-order valence-corrected chi connectivity index (χ1v) is 7.91. The quantitative estimate of drug-likeness (QED) is 0.720. The predicted molar refractivity (Wildman–Crippen MR) is 76.6 cm³/mol. The van der Waals surface area contributed by atoms with Crippen molar-refractivity contribution in [2.45, 2.75) is 46.8 Å². The number of hydrogen-bond donors (Lipinski definition) is 0. The second kappa shape index (κ2) is 4.89. The van der Waals surface area contributed by atoms with Gasteiger partial charge in [-0.05, 0) is 41.9 Å². The maximum Gasteiger partial charge on any atom is 0.163 e. The van der Waals surface area contributed by atoms with Crippen molar-refractivity contribution in [3.8, 4) is 0 Å². The molecule has 0 spiro atoms. The molecular formula is C17H28O2. The van der Waals surface area contributed by atoms with Crippen LogP contribution in [0.1, 0.15) is 40.5 Å². The molecule has 2 bridgehead atoms. The van der Waals surface area contributed by atoms with Crippen LogP contribution in [0.5, 0.6) is 0 Å². The van der Waals surface area contributed by atoms with Crippen molar-refractivity contribution in [1.82, 2.24) is 0 Å². The van der Waals surface area contributed by atoms with Gasteiger partial charge in [0.1, 0.15) is 0 Å². The Morgan fingerprint density at radius 2 is 1.84 bits per heavy atom. The summed E-state index contributed by atoms with van der Waals surface area (Å²) in [7, 11) is 0. The lowest BCUT2D eigenvalue weighted by atomic mass is 9.43. The molecule has 2 heteroatoms. The molecule has 1 heterocycles. The normalized spacial score (nSPS) is 43.4. The van der Waals surface area contributed by atoms with Crippen LogP contribution in [0.3, 0.4) is 0 Å². The van der Waals surface area contributed by atoms with Crippen LogP contribution in [0.4, 0.5) is 0 Å². The molecule has 4 aliphatic rings. The zero-order chi connectivity index (χ0) is 13.6. The fourth-order valence-corrected chi connectivity index (χ4v) is 4.53. The lowest BCUT2D eigenvalue weighted by Crippen LogP contribution is -2.54. The summed E-state index contributed by atoms with van der Waals surface area (Å²) in [5.41, 5.74) is 0.590. The first-order chi connectivity index (χ1) is 9.00. The van der Waals surface area contributed by atoms with Gasteiger partial charge < -0.3 is 9.47 Å². The summed E-state index contributed by atoms with van der Waals surface area (Å²) < 4.78 is 11.1. The van der Waals surface area contributed by atoms with E-state index in [1.165, 1.54) is 12.8 Å². The zero-order valence-corrected chi connectivity index (χ0v) is 12.8. The van der Waals surface area contributed by atoms with Gasteiger partial charge in [-0.25, -0.2) is 0 Å². The first kappa shape index (κ1) is 13.6. The van der Waals surface area contributed by atoms with Crippen LogP contribution in [-0.2, 0) is 9.47 Å². The Kier molecular flexibility index (Phi) is 3.51. The van der Waals surface area contributed by atoms with E-state index in [9.17, 15) is 0 Å². The van der Waals surface area contributed by atoms with E-state index in [0.29, 0.717) is 11.3 Å². The van der Waals surface area contributed by atoms with Gasteiger partial charge in [0.2, 0.25) is 0 Å². The van der Waals surface area contributed by atoms with Gasteiger partial charge in [0.15, 0.2) is 6.29 Å². The standard InChI is InChI=1S/C17H28O2/c1-11(16-18-7-8-19-16)5-6-13-9-14-10-15(12(13)2)17(14,3)4/h5-6,11-16H,7-10H2,1-4H3/t11?,12-,13-,14+,15+/m0/s1. The average Bonchev–Trinajstić information content (AvgIpc) is 2.90. The largest absolute Gasteiger partial charge is 0.350 e. The van der Waals surface area contributed by atoms with E-state index in [0.717, 1.165) is 36.9 Å². The summed E-state index contributed by atoms with van der Waals surface area (Å²) in [5.74, 6) is 3.84. The van der Waals surface area contributed by atoms with Gasteiger partial charge in [-0.3, -0.25) is 0 Å². The van der Waals surface area contributed by atoms with Crippen molar-refractivity contribution in [3.05, 3.63) is 12.2 Å². The zero-order valence-electron chi connectivity index (χ0n) is 12.8. The molecule has 0 amide bonds. The maximum absolute atomic E-state index is 5.57. The van der Waals surface area contributed by atoms with Crippen molar-refractivity contribution in [2.24, 2.45) is 35.0 Å². The summed E-state index contributed by atoms with van der Waals surface area (Å²) in [6.45, 7) is 11.1. The molecule has 5 atom stereocenters. The Morgan fingerprint density at radius 1 is 1.16 bits per heavy atom. The SMILES string of the molecule is CC(C=C[C@H]1C[C@@H]2C[C@H]([C@H]1C)C2(C)C)C1OCCO1. The second-order valence-corrected chi connectivity index (χ2v) is 7.47. The van der Waals surface area contributed by atoms with Crippen molar-refractivity contribution in [1.29, 1.82) is 0 Å². The van der Waals surface area contributed by atoms with E-state index >= 15 is 0 Å². The lowest BCUT2D eigenvalue weighted by Gasteiger charge is -2.61. The van der Waals surface area contributed by atoms with Crippen LogP contribution in [0.25, 0.3) is 0 Å². The Hall–Kier alpha value is -0.340. The Morgan fingerprint density at radius 3 is 2.42 bits per heavy atom. The first-order valence-electron chi connectivity index (χ1n) is 7.91. The van der Waals surface area contributed by atoms with Crippen molar-refractivity contribution in [3.63, 3.8) is 0 Å². The highest BCUT2D eigenvalue weighted by atomic mass is 16.7. The molecular weight excluding hydrogens is 236 g/mol. The average molecular weight is 264 g/mol. The molecule has 0 aromatic heterocycles. The van der Waals surface area contributed by atoms with Crippen LogP contribution in [0.15, 0.2) is 12.2 Å². The Labute approximate surface area is 117 Å². The number of ether oxygens (including phenoxy) is 2. The minimum absolute atomic E-state index is 0.0128. The monoisotopic (exact) mass is 264 g/mol. The third kappa shape index (κ3) is 2.27. The van der Waals surface area contributed by atoms with Crippen LogP contribution >= 0.6 is 0 Å². The van der Waals surface area contributed by atoms with Crippen molar-refractivity contribution in [2.75, 3.05) is 13.2 Å². The van der Waals surface area contributed by atoms with Gasteiger partial charge in [-0.2, -0.15) is 0 Å². The molecule has 2 nitrogen and oxygen atoms in total. The van der Waals surface area contributed by atoms with E-state index in [1.54, 1.807) is 0 Å². The predicted octanol–water partition coefficient (Wildman–Crippen LogP) is 3.87. The van der Waals surface area contributed by atoms with Gasteiger partial charge in [-0.15, -0.1) is 0 Å². The van der Waals surface area contributed by atoms with Crippen molar-refractivity contribution < 1.29 is 9.47 Å². The summed E-state index contributed by atoms with van der Waals surface area (Å²) in [4.78, 5) is 0. The number of hydrogen-bond acceptors (Lipinski definition) is 2. The van der Waals surface area contributed by atoms with Gasteiger partial charge in [0, 0.05) is 5.92 Å². The molecule has 0 aromatic carbocycles. The van der Waals surface area contributed by atoms with E-state index in [1.807, 2.05) is 0 Å². The Balaban J connectivity index is 1.59. The molecule has 1 unspecified atom stereocenters. The number of fused-ring (bicyclic) bond motifs is 2. The van der Waals surface area contributed by atoms with Crippen LogP contribution in [0, 0.1) is 35.0 Å². The van der Waals surface area contributed by atoms with Gasteiger partial charge in [-0.1, -0.05) is 39.8 Å². The van der Waals surface area contributed by atoms with Gasteiger partial charge in [0.25, 0.3) is 0 Å². The second-order valence-electron chi connectivity index (χ2n) is 7.47. The highest BCUT2D eigenvalue weighted by Gasteiger charge is 2.55. The van der Waals surface area contributed by atoms with Crippen LogP contribution in [0.2, 0.25) is 0 Å². The van der Waals surface area contributed by atoms with Gasteiger partial charge in [0.05, 0.1) is 13.2 Å². The molecule has 4 fully saturated rings. The minimum atomic E-state index is -0.0128. The molecule has 3 saturated carbocycles. The highest BCUT2D eigenvalue weighted by molar-refractivity contribution is 5.09.